The first-order valence-electron chi connectivity index (χ1n) is 5.63. The van der Waals surface area contributed by atoms with Crippen LogP contribution in [0.5, 0.6) is 0 Å². The van der Waals surface area contributed by atoms with Crippen molar-refractivity contribution in [3.63, 3.8) is 0 Å². The molecule has 0 saturated heterocycles. The molecule has 2 heterocycles. The Morgan fingerprint density at radius 3 is 1.67 bits per heavy atom. The van der Waals surface area contributed by atoms with Crippen molar-refractivity contribution in [2.75, 3.05) is 0 Å². The molecule has 0 aliphatic rings. The summed E-state index contributed by atoms with van der Waals surface area (Å²) < 4.78 is 0. The smallest absolute Gasteiger partial charge is 0.0701 e. The highest BCUT2D eigenvalue weighted by Crippen LogP contribution is 2.14. The summed E-state index contributed by atoms with van der Waals surface area (Å²) in [7, 11) is 0. The Morgan fingerprint density at radius 2 is 1.17 bits per heavy atom. The fourth-order valence-electron chi connectivity index (χ4n) is 1.40. The minimum atomic E-state index is 1.03. The third kappa shape index (κ3) is 3.79. The fraction of sp³-hybridized carbons (Fsp3) is 0. The highest BCUT2D eigenvalue weighted by molar-refractivity contribution is 5.58. The van der Waals surface area contributed by atoms with E-state index >= 15 is 0 Å². The number of hydrogen-bond donors (Lipinski definition) is 0. The summed E-state index contributed by atoms with van der Waals surface area (Å²) in [5.41, 5.74) is 2.19. The lowest BCUT2D eigenvalue weighted by Crippen LogP contribution is -1.79. The van der Waals surface area contributed by atoms with E-state index in [9.17, 15) is 0 Å². The van der Waals surface area contributed by atoms with Gasteiger partial charge in [-0.1, -0.05) is 36.4 Å². The van der Waals surface area contributed by atoms with Gasteiger partial charge in [0, 0.05) is 36.5 Å². The zero-order valence-corrected chi connectivity index (χ0v) is 9.85. The molecular weight excluding hydrogens is 222 g/mol. The lowest BCUT2D eigenvalue weighted by Gasteiger charge is -1.97. The lowest BCUT2D eigenvalue weighted by molar-refractivity contribution is 1.20. The maximum absolute atomic E-state index is 4.25. The molecule has 3 nitrogen and oxygen atoms in total. The summed E-state index contributed by atoms with van der Waals surface area (Å²) in [6.45, 7) is 0. The van der Waals surface area contributed by atoms with Gasteiger partial charge >= 0.3 is 0 Å². The number of aromatic nitrogens is 3. The van der Waals surface area contributed by atoms with Crippen LogP contribution in [0.1, 0.15) is 0 Å². The Labute approximate surface area is 106 Å². The minimum Gasteiger partial charge on any atom is -0.262 e. The van der Waals surface area contributed by atoms with Crippen molar-refractivity contribution in [2.45, 2.75) is 0 Å². The van der Waals surface area contributed by atoms with E-state index in [1.807, 2.05) is 42.6 Å². The first kappa shape index (κ1) is 11.9. The minimum absolute atomic E-state index is 1.03. The third-order valence-electron chi connectivity index (χ3n) is 2.21. The quantitative estimate of drug-likeness (QED) is 0.650. The molecule has 1 aromatic carbocycles. The van der Waals surface area contributed by atoms with E-state index < -0.39 is 0 Å². The molecule has 0 radical (unpaired) electrons. The Balaban J connectivity index is 0.000000169. The summed E-state index contributed by atoms with van der Waals surface area (Å²) in [6, 6.07) is 16.1. The summed E-state index contributed by atoms with van der Waals surface area (Å²) in [5.74, 6) is 0. The number of hydrogen-bond acceptors (Lipinski definition) is 3. The second-order valence-corrected chi connectivity index (χ2v) is 3.48. The maximum Gasteiger partial charge on any atom is 0.0701 e. The van der Waals surface area contributed by atoms with Crippen molar-refractivity contribution in [1.29, 1.82) is 0 Å². The predicted octanol–water partition coefficient (Wildman–Crippen LogP) is 3.23. The largest absolute Gasteiger partial charge is 0.262 e. The molecule has 3 heteroatoms. The van der Waals surface area contributed by atoms with Crippen LogP contribution in [0.3, 0.4) is 0 Å². The monoisotopic (exact) mass is 235 g/mol. The molecule has 0 aliphatic heterocycles. The zero-order valence-electron chi connectivity index (χ0n) is 9.85. The van der Waals surface area contributed by atoms with Gasteiger partial charge in [-0.25, -0.2) is 0 Å². The number of pyridine rings is 1. The van der Waals surface area contributed by atoms with Crippen molar-refractivity contribution < 1.29 is 0 Å². The second-order valence-electron chi connectivity index (χ2n) is 3.48. The molecule has 0 bridgehead atoms. The van der Waals surface area contributed by atoms with Crippen molar-refractivity contribution >= 4 is 0 Å². The molecule has 0 amide bonds. The number of nitrogens with zero attached hydrogens (tertiary/aromatic N) is 3. The van der Waals surface area contributed by atoms with Crippen LogP contribution < -0.4 is 0 Å². The third-order valence-corrected chi connectivity index (χ3v) is 2.21. The average Bonchev–Trinajstić information content (AvgIpc) is 2.51. The van der Waals surface area contributed by atoms with Gasteiger partial charge in [-0.3, -0.25) is 15.0 Å². The normalized spacial score (nSPS) is 9.11. The highest BCUT2D eigenvalue weighted by Gasteiger charge is 1.93. The molecule has 0 spiro atoms. The van der Waals surface area contributed by atoms with Crippen LogP contribution in [0.25, 0.3) is 11.3 Å². The lowest BCUT2D eigenvalue weighted by atomic mass is 10.1. The molecule has 0 N–H and O–H groups in total. The molecule has 3 rings (SSSR count). The average molecular weight is 235 g/mol. The van der Waals surface area contributed by atoms with Crippen LogP contribution in [0, 0.1) is 0 Å². The maximum atomic E-state index is 4.25. The van der Waals surface area contributed by atoms with E-state index in [-0.39, 0.29) is 0 Å². The van der Waals surface area contributed by atoms with Gasteiger partial charge in [-0.2, -0.15) is 0 Å². The van der Waals surface area contributed by atoms with Crippen molar-refractivity contribution in [3.05, 3.63) is 79.5 Å². The van der Waals surface area contributed by atoms with E-state index in [1.54, 1.807) is 24.8 Å². The summed E-state index contributed by atoms with van der Waals surface area (Å²) in [4.78, 5) is 11.7. The Bertz CT molecular complexity index is 474. The molecule has 3 aromatic rings. The van der Waals surface area contributed by atoms with E-state index in [1.165, 1.54) is 0 Å². The van der Waals surface area contributed by atoms with E-state index in [0.717, 1.165) is 11.3 Å². The molecule has 0 aliphatic carbocycles. The SMILES string of the molecule is c1ccc(-c2ccccn2)cc1.c1cnccn1. The molecule has 2 aromatic heterocycles. The topological polar surface area (TPSA) is 38.7 Å². The molecule has 0 saturated carbocycles. The van der Waals surface area contributed by atoms with E-state index in [0.29, 0.717) is 0 Å². The summed E-state index contributed by atoms with van der Waals surface area (Å²) in [6.07, 6.45) is 8.36. The summed E-state index contributed by atoms with van der Waals surface area (Å²) in [5, 5.41) is 0. The Hall–Kier alpha value is -2.55. The van der Waals surface area contributed by atoms with Gasteiger partial charge in [0.05, 0.1) is 5.69 Å². The van der Waals surface area contributed by atoms with Gasteiger partial charge in [0.15, 0.2) is 0 Å². The van der Waals surface area contributed by atoms with Crippen LogP contribution in [-0.2, 0) is 0 Å². The first-order chi connectivity index (χ1) is 8.97. The summed E-state index contributed by atoms with van der Waals surface area (Å²) >= 11 is 0. The molecule has 0 unspecified atom stereocenters. The molecule has 0 fully saturated rings. The van der Waals surface area contributed by atoms with E-state index in [4.69, 9.17) is 0 Å². The molecular formula is C15H13N3. The number of rotatable bonds is 1. The van der Waals surface area contributed by atoms with Gasteiger partial charge in [0.2, 0.25) is 0 Å². The van der Waals surface area contributed by atoms with Crippen LogP contribution >= 0.6 is 0 Å². The van der Waals surface area contributed by atoms with Gasteiger partial charge in [0.1, 0.15) is 0 Å². The zero-order chi connectivity index (χ0) is 12.5. The second kappa shape index (κ2) is 6.91. The van der Waals surface area contributed by atoms with Gasteiger partial charge < -0.3 is 0 Å². The van der Waals surface area contributed by atoms with Crippen LogP contribution in [0.4, 0.5) is 0 Å². The van der Waals surface area contributed by atoms with Crippen LogP contribution in [0.2, 0.25) is 0 Å². The molecule has 18 heavy (non-hydrogen) atoms. The predicted molar refractivity (Wildman–Crippen MR) is 71.7 cm³/mol. The Morgan fingerprint density at radius 1 is 0.556 bits per heavy atom. The van der Waals surface area contributed by atoms with Crippen molar-refractivity contribution in [1.82, 2.24) is 15.0 Å². The Kier molecular flexibility index (Phi) is 4.58. The van der Waals surface area contributed by atoms with Crippen molar-refractivity contribution in [3.8, 4) is 11.3 Å². The molecule has 88 valence electrons. The van der Waals surface area contributed by atoms with Crippen molar-refractivity contribution in [2.24, 2.45) is 0 Å². The van der Waals surface area contributed by atoms with Gasteiger partial charge in [-0.15, -0.1) is 0 Å². The molecule has 0 atom stereocenters. The highest BCUT2D eigenvalue weighted by atomic mass is 14.7. The number of benzene rings is 1. The van der Waals surface area contributed by atoms with Gasteiger partial charge in [-0.05, 0) is 12.1 Å². The fourth-order valence-corrected chi connectivity index (χ4v) is 1.40. The van der Waals surface area contributed by atoms with Crippen LogP contribution in [0.15, 0.2) is 79.5 Å². The van der Waals surface area contributed by atoms with Gasteiger partial charge in [0.25, 0.3) is 0 Å². The van der Waals surface area contributed by atoms with Crippen LogP contribution in [-0.4, -0.2) is 15.0 Å². The first-order valence-corrected chi connectivity index (χ1v) is 5.63. The van der Waals surface area contributed by atoms with E-state index in [2.05, 4.69) is 27.1 Å². The standard InChI is InChI=1S/C11H9N.C4H4N2/c1-2-6-10(7-3-1)11-8-4-5-9-12-11;1-2-6-4-3-5-1/h1-9H;1-4H.